The molecule has 1 saturated heterocycles. The molecule has 1 atom stereocenters. The predicted molar refractivity (Wildman–Crippen MR) is 98.7 cm³/mol. The molecule has 0 aromatic carbocycles. The average Bonchev–Trinajstić information content (AvgIpc) is 2.98. The zero-order chi connectivity index (χ0) is 17.3. The SMILES string of the molecule is CC1(C)CC(=O)c2cc(C(=O)NCCC3CCNC3)c(=O)[nH]c2C1.Cl. The van der Waals surface area contributed by atoms with E-state index in [0.29, 0.717) is 36.6 Å². The summed E-state index contributed by atoms with van der Waals surface area (Å²) in [6.07, 6.45) is 3.09. The lowest BCUT2D eigenvalue weighted by Crippen LogP contribution is -2.35. The van der Waals surface area contributed by atoms with E-state index < -0.39 is 11.5 Å². The molecular weight excluding hydrogens is 342 g/mol. The lowest BCUT2D eigenvalue weighted by Gasteiger charge is -2.29. The Morgan fingerprint density at radius 1 is 1.32 bits per heavy atom. The summed E-state index contributed by atoms with van der Waals surface area (Å²) in [5.74, 6) is 0.169. The number of nitrogens with one attached hydrogen (secondary N) is 3. The third-order valence-corrected chi connectivity index (χ3v) is 4.96. The van der Waals surface area contributed by atoms with Gasteiger partial charge in [0.2, 0.25) is 0 Å². The Hall–Kier alpha value is -1.66. The molecule has 1 fully saturated rings. The third-order valence-electron chi connectivity index (χ3n) is 4.96. The van der Waals surface area contributed by atoms with Crippen molar-refractivity contribution >= 4 is 24.1 Å². The Kier molecular flexibility index (Phi) is 6.06. The Morgan fingerprint density at radius 2 is 2.08 bits per heavy atom. The van der Waals surface area contributed by atoms with Crippen LogP contribution in [0.15, 0.2) is 10.9 Å². The van der Waals surface area contributed by atoms with Gasteiger partial charge in [-0.25, -0.2) is 0 Å². The van der Waals surface area contributed by atoms with E-state index in [1.54, 1.807) is 0 Å². The van der Waals surface area contributed by atoms with Gasteiger partial charge < -0.3 is 15.6 Å². The number of fused-ring (bicyclic) bond motifs is 1. The van der Waals surface area contributed by atoms with Gasteiger partial charge in [-0.3, -0.25) is 14.4 Å². The summed E-state index contributed by atoms with van der Waals surface area (Å²) < 4.78 is 0. The monoisotopic (exact) mass is 367 g/mol. The van der Waals surface area contributed by atoms with Crippen molar-refractivity contribution in [2.75, 3.05) is 19.6 Å². The first kappa shape index (κ1) is 19.7. The van der Waals surface area contributed by atoms with Gasteiger partial charge >= 0.3 is 0 Å². The number of halogens is 1. The number of carbonyl (C=O) groups is 2. The summed E-state index contributed by atoms with van der Waals surface area (Å²) in [4.78, 5) is 39.6. The number of ketones is 1. The van der Waals surface area contributed by atoms with Crippen molar-refractivity contribution < 1.29 is 9.59 Å². The van der Waals surface area contributed by atoms with Crippen molar-refractivity contribution in [1.29, 1.82) is 0 Å². The van der Waals surface area contributed by atoms with Crippen LogP contribution in [0, 0.1) is 11.3 Å². The van der Waals surface area contributed by atoms with Crippen LogP contribution in [0.25, 0.3) is 0 Å². The number of pyridine rings is 1. The fourth-order valence-electron chi connectivity index (χ4n) is 3.64. The lowest BCUT2D eigenvalue weighted by atomic mass is 9.75. The topological polar surface area (TPSA) is 91.1 Å². The summed E-state index contributed by atoms with van der Waals surface area (Å²) in [7, 11) is 0. The van der Waals surface area contributed by atoms with Gasteiger partial charge in [-0.1, -0.05) is 13.8 Å². The molecule has 0 spiro atoms. The van der Waals surface area contributed by atoms with Gasteiger partial charge in [0, 0.05) is 24.2 Å². The molecule has 1 unspecified atom stereocenters. The largest absolute Gasteiger partial charge is 0.352 e. The summed E-state index contributed by atoms with van der Waals surface area (Å²) in [6.45, 7) is 6.57. The number of rotatable bonds is 4. The predicted octanol–water partition coefficient (Wildman–Crippen LogP) is 1.68. The molecule has 6 nitrogen and oxygen atoms in total. The van der Waals surface area contributed by atoms with Crippen molar-refractivity contribution in [2.45, 2.75) is 39.5 Å². The second-order valence-corrected chi connectivity index (χ2v) is 7.75. The Bertz CT molecular complexity index is 721. The minimum Gasteiger partial charge on any atom is -0.352 e. The highest BCUT2D eigenvalue weighted by atomic mass is 35.5. The molecule has 1 aliphatic carbocycles. The van der Waals surface area contributed by atoms with Gasteiger partial charge in [-0.15, -0.1) is 12.4 Å². The van der Waals surface area contributed by atoms with Crippen LogP contribution in [-0.2, 0) is 6.42 Å². The number of H-pyrrole nitrogens is 1. The molecule has 3 N–H and O–H groups in total. The van der Waals surface area contributed by atoms with Crippen LogP contribution in [0.2, 0.25) is 0 Å². The van der Waals surface area contributed by atoms with Gasteiger partial charge in [0.05, 0.1) is 0 Å². The van der Waals surface area contributed by atoms with Gasteiger partial charge in [0.1, 0.15) is 5.56 Å². The highest BCUT2D eigenvalue weighted by Gasteiger charge is 2.32. The second-order valence-electron chi connectivity index (χ2n) is 7.75. The maximum atomic E-state index is 12.3. The van der Waals surface area contributed by atoms with E-state index in [2.05, 4.69) is 15.6 Å². The number of hydrogen-bond acceptors (Lipinski definition) is 4. The minimum atomic E-state index is -0.417. The van der Waals surface area contributed by atoms with E-state index in [1.165, 1.54) is 6.07 Å². The van der Waals surface area contributed by atoms with Crippen LogP contribution in [0.5, 0.6) is 0 Å². The van der Waals surface area contributed by atoms with Gasteiger partial charge in [-0.05, 0) is 49.8 Å². The van der Waals surface area contributed by atoms with Crippen molar-refractivity contribution in [3.63, 3.8) is 0 Å². The van der Waals surface area contributed by atoms with E-state index >= 15 is 0 Å². The molecular formula is C18H26ClN3O3. The van der Waals surface area contributed by atoms with Crippen molar-refractivity contribution in [2.24, 2.45) is 11.3 Å². The molecule has 25 heavy (non-hydrogen) atoms. The summed E-state index contributed by atoms with van der Waals surface area (Å²) in [5.41, 5.74) is 0.589. The fraction of sp³-hybridized carbons (Fsp3) is 0.611. The smallest absolute Gasteiger partial charge is 0.261 e. The first-order valence-corrected chi connectivity index (χ1v) is 8.64. The van der Waals surface area contributed by atoms with E-state index in [9.17, 15) is 14.4 Å². The van der Waals surface area contributed by atoms with Crippen LogP contribution in [0.4, 0.5) is 0 Å². The quantitative estimate of drug-likeness (QED) is 0.755. The van der Waals surface area contributed by atoms with Crippen molar-refractivity contribution in [1.82, 2.24) is 15.6 Å². The van der Waals surface area contributed by atoms with Crippen LogP contribution in [-0.4, -0.2) is 36.3 Å². The average molecular weight is 368 g/mol. The Morgan fingerprint density at radius 3 is 2.76 bits per heavy atom. The Labute approximate surface area is 153 Å². The van der Waals surface area contributed by atoms with Crippen LogP contribution in [0.1, 0.15) is 59.5 Å². The molecule has 138 valence electrons. The number of amides is 1. The maximum absolute atomic E-state index is 12.3. The zero-order valence-electron chi connectivity index (χ0n) is 14.7. The molecule has 1 aromatic heterocycles. The highest BCUT2D eigenvalue weighted by molar-refractivity contribution is 6.02. The molecule has 2 aliphatic rings. The minimum absolute atomic E-state index is 0. The molecule has 0 bridgehead atoms. The first-order valence-electron chi connectivity index (χ1n) is 8.64. The van der Waals surface area contributed by atoms with Crippen LogP contribution >= 0.6 is 12.4 Å². The molecule has 3 rings (SSSR count). The number of aromatic nitrogens is 1. The summed E-state index contributed by atoms with van der Waals surface area (Å²) >= 11 is 0. The maximum Gasteiger partial charge on any atom is 0.261 e. The number of Topliss-reactive ketones (excluding diaryl/α,β-unsaturated/α-hetero) is 1. The molecule has 7 heteroatoms. The number of carbonyl (C=O) groups excluding carboxylic acids is 2. The molecule has 1 amide bonds. The molecule has 2 heterocycles. The zero-order valence-corrected chi connectivity index (χ0v) is 15.6. The number of aromatic amines is 1. The second kappa shape index (κ2) is 7.70. The normalized spacial score (nSPS) is 21.4. The van der Waals surface area contributed by atoms with E-state index in [1.807, 2.05) is 13.8 Å². The molecule has 0 saturated carbocycles. The van der Waals surface area contributed by atoms with E-state index in [0.717, 1.165) is 25.9 Å². The summed E-state index contributed by atoms with van der Waals surface area (Å²) in [5, 5.41) is 6.10. The Balaban J connectivity index is 0.00000225. The summed E-state index contributed by atoms with van der Waals surface area (Å²) in [6, 6.07) is 1.47. The van der Waals surface area contributed by atoms with Crippen LogP contribution < -0.4 is 16.2 Å². The number of hydrogen-bond donors (Lipinski definition) is 3. The van der Waals surface area contributed by atoms with Crippen LogP contribution in [0.3, 0.4) is 0 Å². The molecule has 0 radical (unpaired) electrons. The fourth-order valence-corrected chi connectivity index (χ4v) is 3.64. The van der Waals surface area contributed by atoms with Gasteiger partial charge in [0.25, 0.3) is 11.5 Å². The van der Waals surface area contributed by atoms with Crippen molar-refractivity contribution in [3.8, 4) is 0 Å². The van der Waals surface area contributed by atoms with E-state index in [4.69, 9.17) is 0 Å². The van der Waals surface area contributed by atoms with Gasteiger partial charge in [-0.2, -0.15) is 0 Å². The van der Waals surface area contributed by atoms with Crippen molar-refractivity contribution in [3.05, 3.63) is 33.2 Å². The standard InChI is InChI=1S/C18H25N3O3.ClH/c1-18(2)8-14-12(15(22)9-18)7-13(17(24)21-14)16(23)20-6-4-11-3-5-19-10-11;/h7,11,19H,3-6,8-10H2,1-2H3,(H,20,23)(H,21,24);1H. The highest BCUT2D eigenvalue weighted by Crippen LogP contribution is 2.33. The third kappa shape index (κ3) is 4.50. The first-order chi connectivity index (χ1) is 11.4. The molecule has 1 aromatic rings. The lowest BCUT2D eigenvalue weighted by molar-refractivity contribution is 0.0910. The van der Waals surface area contributed by atoms with E-state index in [-0.39, 0.29) is 29.2 Å². The van der Waals surface area contributed by atoms with Gasteiger partial charge in [0.15, 0.2) is 5.78 Å². The molecule has 1 aliphatic heterocycles.